The number of rotatable bonds is 5. The van der Waals surface area contributed by atoms with Crippen LogP contribution in [0, 0.1) is 17.0 Å². The molecule has 0 bridgehead atoms. The fourth-order valence-electron chi connectivity index (χ4n) is 2.97. The van der Waals surface area contributed by atoms with Gasteiger partial charge in [-0.05, 0) is 42.3 Å². The van der Waals surface area contributed by atoms with E-state index in [2.05, 4.69) is 10.3 Å². The summed E-state index contributed by atoms with van der Waals surface area (Å²) in [4.78, 5) is 27.5. The SMILES string of the molecule is Cc1ccc(-c2nc3ccccc3s2)cc1NC(=O)C=Cc1cccc([N+](=O)[O-])c1. The lowest BCUT2D eigenvalue weighted by Gasteiger charge is -2.08. The first kappa shape index (κ1) is 19.5. The number of anilines is 1. The van der Waals surface area contributed by atoms with Crippen molar-refractivity contribution in [2.24, 2.45) is 0 Å². The maximum absolute atomic E-state index is 12.4. The van der Waals surface area contributed by atoms with Crippen molar-refractivity contribution in [2.45, 2.75) is 6.92 Å². The predicted octanol–water partition coefficient (Wildman–Crippen LogP) is 5.83. The number of carbonyl (C=O) groups excluding carboxylic acids is 1. The highest BCUT2D eigenvalue weighted by Crippen LogP contribution is 2.32. The van der Waals surface area contributed by atoms with Crippen molar-refractivity contribution < 1.29 is 9.72 Å². The highest BCUT2D eigenvalue weighted by molar-refractivity contribution is 7.21. The Hall–Kier alpha value is -3.84. The molecule has 148 valence electrons. The first-order valence-electron chi connectivity index (χ1n) is 9.20. The Balaban J connectivity index is 1.54. The second-order valence-corrected chi connectivity index (χ2v) is 7.72. The van der Waals surface area contributed by atoms with Crippen LogP contribution in [0.1, 0.15) is 11.1 Å². The maximum Gasteiger partial charge on any atom is 0.270 e. The number of nitrogens with zero attached hydrogens (tertiary/aromatic N) is 2. The standard InChI is InChI=1S/C23H17N3O3S/c1-15-9-11-17(23-25-19-7-2-3-8-21(19)30-23)14-20(15)24-22(27)12-10-16-5-4-6-18(13-16)26(28)29/h2-14H,1H3,(H,24,27). The van der Waals surface area contributed by atoms with Crippen LogP contribution in [0.3, 0.4) is 0 Å². The van der Waals surface area contributed by atoms with Crippen molar-refractivity contribution >= 4 is 44.9 Å². The molecule has 30 heavy (non-hydrogen) atoms. The van der Waals surface area contributed by atoms with Gasteiger partial charge in [0.1, 0.15) is 5.01 Å². The summed E-state index contributed by atoms with van der Waals surface area (Å²) < 4.78 is 1.11. The molecule has 0 aliphatic carbocycles. The molecule has 1 N–H and O–H groups in total. The van der Waals surface area contributed by atoms with Gasteiger partial charge in [-0.3, -0.25) is 14.9 Å². The average Bonchev–Trinajstić information content (AvgIpc) is 3.18. The Labute approximate surface area is 176 Å². The first-order valence-corrected chi connectivity index (χ1v) is 10.0. The summed E-state index contributed by atoms with van der Waals surface area (Å²) in [7, 11) is 0. The molecule has 4 rings (SSSR count). The van der Waals surface area contributed by atoms with Crippen LogP contribution in [0.5, 0.6) is 0 Å². The number of para-hydroxylation sites is 1. The molecule has 0 fully saturated rings. The predicted molar refractivity (Wildman–Crippen MR) is 121 cm³/mol. The van der Waals surface area contributed by atoms with Gasteiger partial charge in [0, 0.05) is 29.5 Å². The number of nitrogens with one attached hydrogen (secondary N) is 1. The second kappa shape index (κ2) is 8.26. The number of aryl methyl sites for hydroxylation is 1. The molecule has 0 radical (unpaired) electrons. The third kappa shape index (κ3) is 4.26. The molecule has 1 heterocycles. The van der Waals surface area contributed by atoms with E-state index in [1.54, 1.807) is 29.5 Å². The van der Waals surface area contributed by atoms with Crippen LogP contribution in [0.2, 0.25) is 0 Å². The molecule has 4 aromatic rings. The van der Waals surface area contributed by atoms with Gasteiger partial charge in [0.2, 0.25) is 5.91 Å². The first-order chi connectivity index (χ1) is 14.5. The summed E-state index contributed by atoms with van der Waals surface area (Å²) in [5, 5.41) is 14.6. The zero-order chi connectivity index (χ0) is 21.1. The number of nitro groups is 1. The van der Waals surface area contributed by atoms with Gasteiger partial charge in [-0.1, -0.05) is 36.4 Å². The molecular formula is C23H17N3O3S. The van der Waals surface area contributed by atoms with E-state index in [1.807, 2.05) is 49.4 Å². The third-order valence-electron chi connectivity index (χ3n) is 4.54. The zero-order valence-corrected chi connectivity index (χ0v) is 16.8. The number of non-ortho nitro benzene ring substituents is 1. The molecule has 0 spiro atoms. The van der Waals surface area contributed by atoms with E-state index < -0.39 is 4.92 Å². The number of amides is 1. The Bertz CT molecular complexity index is 1260. The van der Waals surface area contributed by atoms with Crippen LogP contribution in [-0.4, -0.2) is 15.8 Å². The molecule has 6 nitrogen and oxygen atoms in total. The fraction of sp³-hybridized carbons (Fsp3) is 0.0435. The minimum Gasteiger partial charge on any atom is -0.322 e. The van der Waals surface area contributed by atoms with Crippen molar-refractivity contribution in [1.82, 2.24) is 4.98 Å². The van der Waals surface area contributed by atoms with Gasteiger partial charge in [-0.2, -0.15) is 0 Å². The van der Waals surface area contributed by atoms with Crippen molar-refractivity contribution in [3.63, 3.8) is 0 Å². The minimum atomic E-state index is -0.464. The van der Waals surface area contributed by atoms with Gasteiger partial charge in [-0.25, -0.2) is 4.98 Å². The number of nitro benzene ring substituents is 1. The number of hydrogen-bond acceptors (Lipinski definition) is 5. The molecule has 0 saturated carbocycles. The van der Waals surface area contributed by atoms with Crippen molar-refractivity contribution in [3.05, 3.63) is 94.0 Å². The van der Waals surface area contributed by atoms with Crippen LogP contribution >= 0.6 is 11.3 Å². The summed E-state index contributed by atoms with van der Waals surface area (Å²) in [6.07, 6.45) is 2.91. The van der Waals surface area contributed by atoms with Crippen LogP contribution in [0.25, 0.3) is 26.9 Å². The lowest BCUT2D eigenvalue weighted by molar-refractivity contribution is -0.384. The Morgan fingerprint density at radius 2 is 1.93 bits per heavy atom. The summed E-state index contributed by atoms with van der Waals surface area (Å²) in [5.74, 6) is -0.314. The molecule has 3 aromatic carbocycles. The zero-order valence-electron chi connectivity index (χ0n) is 16.0. The van der Waals surface area contributed by atoms with E-state index >= 15 is 0 Å². The molecular weight excluding hydrogens is 398 g/mol. The van der Waals surface area contributed by atoms with Crippen molar-refractivity contribution in [3.8, 4) is 10.6 Å². The molecule has 0 aliphatic rings. The lowest BCUT2D eigenvalue weighted by atomic mass is 10.1. The summed E-state index contributed by atoms with van der Waals surface area (Å²) in [6.45, 7) is 1.92. The lowest BCUT2D eigenvalue weighted by Crippen LogP contribution is -2.09. The van der Waals surface area contributed by atoms with Gasteiger partial charge < -0.3 is 5.32 Å². The normalized spacial score (nSPS) is 11.1. The van der Waals surface area contributed by atoms with Crippen molar-refractivity contribution in [2.75, 3.05) is 5.32 Å². The molecule has 0 unspecified atom stereocenters. The number of aromatic nitrogens is 1. The number of fused-ring (bicyclic) bond motifs is 1. The van der Waals surface area contributed by atoms with Gasteiger partial charge in [0.15, 0.2) is 0 Å². The van der Waals surface area contributed by atoms with E-state index in [0.29, 0.717) is 11.3 Å². The number of hydrogen-bond donors (Lipinski definition) is 1. The highest BCUT2D eigenvalue weighted by Gasteiger charge is 2.10. The molecule has 0 atom stereocenters. The molecule has 7 heteroatoms. The summed E-state index contributed by atoms with van der Waals surface area (Å²) in [6, 6.07) is 19.9. The van der Waals surface area contributed by atoms with Gasteiger partial charge in [-0.15, -0.1) is 11.3 Å². The van der Waals surface area contributed by atoms with Gasteiger partial charge in [0.05, 0.1) is 15.1 Å². The Morgan fingerprint density at radius 3 is 2.73 bits per heavy atom. The molecule has 1 amide bonds. The highest BCUT2D eigenvalue weighted by atomic mass is 32.1. The van der Waals surface area contributed by atoms with Crippen LogP contribution < -0.4 is 5.32 Å². The van der Waals surface area contributed by atoms with Crippen LogP contribution in [-0.2, 0) is 4.79 Å². The van der Waals surface area contributed by atoms with Gasteiger partial charge >= 0.3 is 0 Å². The minimum absolute atomic E-state index is 0.0167. The van der Waals surface area contributed by atoms with E-state index in [4.69, 9.17) is 0 Å². The Morgan fingerprint density at radius 1 is 1.10 bits per heavy atom. The fourth-order valence-corrected chi connectivity index (χ4v) is 3.94. The van der Waals surface area contributed by atoms with Crippen LogP contribution in [0.4, 0.5) is 11.4 Å². The van der Waals surface area contributed by atoms with E-state index in [0.717, 1.165) is 26.4 Å². The topological polar surface area (TPSA) is 85.1 Å². The number of thiazole rings is 1. The smallest absolute Gasteiger partial charge is 0.270 e. The molecule has 0 aliphatic heterocycles. The number of benzene rings is 3. The quantitative estimate of drug-likeness (QED) is 0.252. The Kier molecular flexibility index (Phi) is 5.36. The third-order valence-corrected chi connectivity index (χ3v) is 5.63. The van der Waals surface area contributed by atoms with Crippen molar-refractivity contribution in [1.29, 1.82) is 0 Å². The molecule has 0 saturated heterocycles. The van der Waals surface area contributed by atoms with E-state index in [1.165, 1.54) is 18.2 Å². The average molecular weight is 415 g/mol. The largest absolute Gasteiger partial charge is 0.322 e. The molecule has 1 aromatic heterocycles. The van der Waals surface area contributed by atoms with Crippen LogP contribution in [0.15, 0.2) is 72.8 Å². The maximum atomic E-state index is 12.4. The monoisotopic (exact) mass is 415 g/mol. The van der Waals surface area contributed by atoms with Gasteiger partial charge in [0.25, 0.3) is 5.69 Å². The number of carbonyl (C=O) groups is 1. The summed E-state index contributed by atoms with van der Waals surface area (Å²) in [5.41, 5.74) is 4.07. The summed E-state index contributed by atoms with van der Waals surface area (Å²) >= 11 is 1.60. The van der Waals surface area contributed by atoms with E-state index in [-0.39, 0.29) is 11.6 Å². The second-order valence-electron chi connectivity index (χ2n) is 6.69. The van der Waals surface area contributed by atoms with E-state index in [9.17, 15) is 14.9 Å².